The largest absolute Gasteiger partial charge is 0.351 e. The fourth-order valence-electron chi connectivity index (χ4n) is 3.64. The molecule has 0 aromatic heterocycles. The van der Waals surface area contributed by atoms with E-state index in [1.54, 1.807) is 0 Å². The van der Waals surface area contributed by atoms with Gasteiger partial charge >= 0.3 is 0 Å². The van der Waals surface area contributed by atoms with E-state index in [9.17, 15) is 9.59 Å². The van der Waals surface area contributed by atoms with Gasteiger partial charge in [0.25, 0.3) is 0 Å². The van der Waals surface area contributed by atoms with Gasteiger partial charge in [-0.15, -0.1) is 0 Å². The molecule has 144 valence electrons. The number of amides is 2. The van der Waals surface area contributed by atoms with Crippen LogP contribution in [0.5, 0.6) is 0 Å². The first kappa shape index (κ1) is 20.5. The molecule has 1 heterocycles. The second kappa shape index (κ2) is 8.70. The number of nitrogens with one attached hydrogen (secondary N) is 1. The van der Waals surface area contributed by atoms with E-state index < -0.39 is 0 Å². The summed E-state index contributed by atoms with van der Waals surface area (Å²) in [6.45, 7) is 11.6. The standard InChI is InChI=1S/C22H34N2O2/c1-6-16(2)21(26)24-13-9-12-19(15-24)20(25)23-22(4,5)14-18-11-8-7-10-17(18)3/h7-8,10-11,16,19H,6,9,12-15H2,1-5H3,(H,23,25). The first-order valence-electron chi connectivity index (χ1n) is 9.89. The summed E-state index contributed by atoms with van der Waals surface area (Å²) in [6, 6.07) is 8.30. The zero-order valence-corrected chi connectivity index (χ0v) is 17.0. The lowest BCUT2D eigenvalue weighted by molar-refractivity contribution is -0.139. The Hall–Kier alpha value is -1.84. The Kier molecular flexibility index (Phi) is 6.85. The van der Waals surface area contributed by atoms with Crippen molar-refractivity contribution >= 4 is 11.8 Å². The average Bonchev–Trinajstić information content (AvgIpc) is 2.62. The number of likely N-dealkylation sites (tertiary alicyclic amines) is 1. The average molecular weight is 359 g/mol. The fourth-order valence-corrected chi connectivity index (χ4v) is 3.64. The number of hydrogen-bond acceptors (Lipinski definition) is 2. The number of aryl methyl sites for hydroxylation is 1. The van der Waals surface area contributed by atoms with Crippen LogP contribution in [-0.4, -0.2) is 35.3 Å². The Balaban J connectivity index is 1.97. The van der Waals surface area contributed by atoms with Crippen molar-refractivity contribution in [3.63, 3.8) is 0 Å². The molecule has 26 heavy (non-hydrogen) atoms. The van der Waals surface area contributed by atoms with E-state index in [4.69, 9.17) is 0 Å². The molecule has 0 radical (unpaired) electrons. The topological polar surface area (TPSA) is 49.4 Å². The molecule has 1 aliphatic heterocycles. The zero-order valence-electron chi connectivity index (χ0n) is 17.0. The Morgan fingerprint density at radius 3 is 2.65 bits per heavy atom. The van der Waals surface area contributed by atoms with E-state index in [2.05, 4.69) is 38.2 Å². The van der Waals surface area contributed by atoms with Crippen molar-refractivity contribution in [3.05, 3.63) is 35.4 Å². The quantitative estimate of drug-likeness (QED) is 0.842. The summed E-state index contributed by atoms with van der Waals surface area (Å²) in [4.78, 5) is 27.2. The molecule has 2 amide bonds. The predicted octanol–water partition coefficient (Wildman–Crippen LogP) is 3.72. The second-order valence-corrected chi connectivity index (χ2v) is 8.41. The molecule has 4 nitrogen and oxygen atoms in total. The first-order chi connectivity index (χ1) is 12.2. The molecular weight excluding hydrogens is 324 g/mol. The van der Waals surface area contributed by atoms with Gasteiger partial charge in [-0.3, -0.25) is 9.59 Å². The normalized spacial score (nSPS) is 19.1. The summed E-state index contributed by atoms with van der Waals surface area (Å²) in [6.07, 6.45) is 3.40. The van der Waals surface area contributed by atoms with Crippen molar-refractivity contribution in [3.8, 4) is 0 Å². The summed E-state index contributed by atoms with van der Waals surface area (Å²) in [5, 5.41) is 3.23. The van der Waals surface area contributed by atoms with Gasteiger partial charge in [-0.25, -0.2) is 0 Å². The van der Waals surface area contributed by atoms with Crippen LogP contribution in [0.25, 0.3) is 0 Å². The molecule has 1 saturated heterocycles. The van der Waals surface area contributed by atoms with Crippen molar-refractivity contribution in [2.75, 3.05) is 13.1 Å². The van der Waals surface area contributed by atoms with Gasteiger partial charge in [-0.05, 0) is 57.6 Å². The molecule has 1 aromatic carbocycles. The molecule has 2 rings (SSSR count). The van der Waals surface area contributed by atoms with Crippen molar-refractivity contribution in [1.29, 1.82) is 0 Å². The maximum absolute atomic E-state index is 12.8. The first-order valence-corrected chi connectivity index (χ1v) is 9.89. The fraction of sp³-hybridized carbons (Fsp3) is 0.636. The van der Waals surface area contributed by atoms with Crippen LogP contribution in [0.3, 0.4) is 0 Å². The van der Waals surface area contributed by atoms with E-state index in [0.29, 0.717) is 6.54 Å². The number of benzene rings is 1. The highest BCUT2D eigenvalue weighted by atomic mass is 16.2. The number of piperidine rings is 1. The van der Waals surface area contributed by atoms with Crippen LogP contribution in [0.2, 0.25) is 0 Å². The molecule has 1 aromatic rings. The minimum atomic E-state index is -0.313. The summed E-state index contributed by atoms with van der Waals surface area (Å²) >= 11 is 0. The van der Waals surface area contributed by atoms with Crippen molar-refractivity contribution in [2.24, 2.45) is 11.8 Å². The van der Waals surface area contributed by atoms with Gasteiger partial charge in [0.05, 0.1) is 5.92 Å². The number of hydrogen-bond donors (Lipinski definition) is 1. The second-order valence-electron chi connectivity index (χ2n) is 8.41. The van der Waals surface area contributed by atoms with Crippen LogP contribution in [0.1, 0.15) is 58.1 Å². The van der Waals surface area contributed by atoms with Gasteiger partial charge in [-0.1, -0.05) is 38.1 Å². The van der Waals surface area contributed by atoms with E-state index >= 15 is 0 Å². The lowest BCUT2D eigenvalue weighted by atomic mass is 9.90. The van der Waals surface area contributed by atoms with Crippen LogP contribution in [0.4, 0.5) is 0 Å². The van der Waals surface area contributed by atoms with Crippen LogP contribution in [-0.2, 0) is 16.0 Å². The van der Waals surface area contributed by atoms with Gasteiger partial charge < -0.3 is 10.2 Å². The summed E-state index contributed by atoms with van der Waals surface area (Å²) in [7, 11) is 0. The molecule has 2 atom stereocenters. The van der Waals surface area contributed by atoms with Gasteiger partial charge in [0.1, 0.15) is 0 Å². The third-order valence-electron chi connectivity index (χ3n) is 5.49. The monoisotopic (exact) mass is 358 g/mol. The number of carbonyl (C=O) groups is 2. The molecule has 1 aliphatic rings. The van der Waals surface area contributed by atoms with Crippen LogP contribution < -0.4 is 5.32 Å². The number of carbonyl (C=O) groups excluding carboxylic acids is 2. The summed E-state index contributed by atoms with van der Waals surface area (Å²) in [5.41, 5.74) is 2.19. The molecule has 2 unspecified atom stereocenters. The Morgan fingerprint density at radius 2 is 2.00 bits per heavy atom. The Bertz CT molecular complexity index is 639. The van der Waals surface area contributed by atoms with Crippen molar-refractivity contribution < 1.29 is 9.59 Å². The SMILES string of the molecule is CCC(C)C(=O)N1CCCC(C(=O)NC(C)(C)Cc2ccccc2C)C1. The van der Waals surface area contributed by atoms with E-state index in [1.165, 1.54) is 11.1 Å². The van der Waals surface area contributed by atoms with Gasteiger partial charge in [0.15, 0.2) is 0 Å². The molecular formula is C22H34N2O2. The minimum absolute atomic E-state index is 0.0364. The van der Waals surface area contributed by atoms with E-state index in [1.807, 2.05) is 30.9 Å². The van der Waals surface area contributed by atoms with E-state index in [0.717, 1.165) is 32.2 Å². The highest BCUT2D eigenvalue weighted by molar-refractivity contribution is 5.82. The van der Waals surface area contributed by atoms with Crippen LogP contribution in [0.15, 0.2) is 24.3 Å². The lowest BCUT2D eigenvalue weighted by Gasteiger charge is -2.36. The Labute approximate surface area is 158 Å². The highest BCUT2D eigenvalue weighted by Crippen LogP contribution is 2.22. The highest BCUT2D eigenvalue weighted by Gasteiger charge is 2.32. The van der Waals surface area contributed by atoms with Gasteiger partial charge in [0, 0.05) is 24.5 Å². The van der Waals surface area contributed by atoms with Gasteiger partial charge in [0.2, 0.25) is 11.8 Å². The number of rotatable bonds is 6. The number of nitrogens with zero attached hydrogens (tertiary/aromatic N) is 1. The third kappa shape index (κ3) is 5.33. The van der Waals surface area contributed by atoms with Crippen molar-refractivity contribution in [1.82, 2.24) is 10.2 Å². The third-order valence-corrected chi connectivity index (χ3v) is 5.49. The van der Waals surface area contributed by atoms with Crippen LogP contribution >= 0.6 is 0 Å². The minimum Gasteiger partial charge on any atom is -0.351 e. The van der Waals surface area contributed by atoms with Crippen LogP contribution in [0, 0.1) is 18.8 Å². The molecule has 0 spiro atoms. The molecule has 4 heteroatoms. The molecule has 1 N–H and O–H groups in total. The summed E-state index contributed by atoms with van der Waals surface area (Å²) < 4.78 is 0. The molecule has 0 bridgehead atoms. The lowest BCUT2D eigenvalue weighted by Crippen LogP contribution is -2.52. The smallest absolute Gasteiger partial charge is 0.225 e. The predicted molar refractivity (Wildman–Crippen MR) is 106 cm³/mol. The van der Waals surface area contributed by atoms with Gasteiger partial charge in [-0.2, -0.15) is 0 Å². The maximum Gasteiger partial charge on any atom is 0.225 e. The summed E-state index contributed by atoms with van der Waals surface area (Å²) in [5.74, 6) is 0.191. The molecule has 0 aliphatic carbocycles. The molecule has 0 saturated carbocycles. The van der Waals surface area contributed by atoms with E-state index in [-0.39, 0.29) is 29.2 Å². The Morgan fingerprint density at radius 1 is 1.31 bits per heavy atom. The molecule has 1 fully saturated rings. The maximum atomic E-state index is 12.8. The van der Waals surface area contributed by atoms with Crippen molar-refractivity contribution in [2.45, 2.75) is 65.8 Å². The zero-order chi connectivity index (χ0) is 19.3.